The highest BCUT2D eigenvalue weighted by molar-refractivity contribution is 6.32. The van der Waals surface area contributed by atoms with Crippen LogP contribution in [0.2, 0.25) is 5.02 Å². The van der Waals surface area contributed by atoms with E-state index in [2.05, 4.69) is 4.98 Å². The van der Waals surface area contributed by atoms with Crippen LogP contribution >= 0.6 is 11.6 Å². The molecule has 2 rings (SSSR count). The van der Waals surface area contributed by atoms with E-state index in [0.717, 1.165) is 11.1 Å². The topological polar surface area (TPSA) is 45.9 Å². The zero-order valence-electron chi connectivity index (χ0n) is 10.6. The standard InChI is InChI=1S/C15H12ClFN2O/c16-15-7-11(2-3-12(15)8-18)13-6-14(10-19-9-13)20-5-1-4-17/h2-3,6-7,9-10H,1,4-5H2. The van der Waals surface area contributed by atoms with Gasteiger partial charge in [0.1, 0.15) is 11.8 Å². The van der Waals surface area contributed by atoms with Gasteiger partial charge in [0.25, 0.3) is 0 Å². The number of ether oxygens (including phenoxy) is 1. The summed E-state index contributed by atoms with van der Waals surface area (Å²) in [5.74, 6) is 0.580. The summed E-state index contributed by atoms with van der Waals surface area (Å²) in [5, 5.41) is 9.24. The molecule has 0 unspecified atom stereocenters. The van der Waals surface area contributed by atoms with Gasteiger partial charge < -0.3 is 4.74 Å². The lowest BCUT2D eigenvalue weighted by Gasteiger charge is -2.07. The summed E-state index contributed by atoms with van der Waals surface area (Å²) in [4.78, 5) is 4.09. The molecule has 0 N–H and O–H groups in total. The summed E-state index contributed by atoms with van der Waals surface area (Å²) < 4.78 is 17.4. The molecule has 2 aromatic rings. The van der Waals surface area contributed by atoms with Crippen molar-refractivity contribution in [1.29, 1.82) is 5.26 Å². The lowest BCUT2D eigenvalue weighted by Crippen LogP contribution is -1.98. The van der Waals surface area contributed by atoms with E-state index < -0.39 is 6.67 Å². The van der Waals surface area contributed by atoms with Crippen molar-refractivity contribution in [3.05, 3.63) is 47.2 Å². The number of rotatable bonds is 5. The minimum Gasteiger partial charge on any atom is -0.492 e. The Morgan fingerprint density at radius 1 is 1.25 bits per heavy atom. The number of benzene rings is 1. The van der Waals surface area contributed by atoms with Gasteiger partial charge in [-0.25, -0.2) is 0 Å². The molecule has 1 heterocycles. The first kappa shape index (κ1) is 14.3. The third-order valence-corrected chi connectivity index (χ3v) is 3.00. The van der Waals surface area contributed by atoms with Crippen LogP contribution in [0.5, 0.6) is 5.75 Å². The Kier molecular flexibility index (Phi) is 4.91. The van der Waals surface area contributed by atoms with Crippen molar-refractivity contribution in [2.45, 2.75) is 6.42 Å². The maximum absolute atomic E-state index is 12.0. The van der Waals surface area contributed by atoms with Gasteiger partial charge in [0, 0.05) is 18.2 Å². The molecule has 1 aromatic carbocycles. The first-order chi connectivity index (χ1) is 9.74. The average molecular weight is 291 g/mol. The summed E-state index contributed by atoms with van der Waals surface area (Å²) in [5.41, 5.74) is 2.10. The molecule has 0 radical (unpaired) electrons. The van der Waals surface area contributed by atoms with Gasteiger partial charge in [-0.3, -0.25) is 9.37 Å². The fraction of sp³-hybridized carbons (Fsp3) is 0.200. The van der Waals surface area contributed by atoms with Crippen LogP contribution in [0.25, 0.3) is 11.1 Å². The zero-order valence-corrected chi connectivity index (χ0v) is 11.4. The maximum atomic E-state index is 12.0. The molecular formula is C15H12ClFN2O. The molecule has 0 fully saturated rings. The highest BCUT2D eigenvalue weighted by Gasteiger charge is 2.05. The van der Waals surface area contributed by atoms with Gasteiger partial charge in [-0.05, 0) is 23.8 Å². The van der Waals surface area contributed by atoms with E-state index in [0.29, 0.717) is 29.4 Å². The minimum absolute atomic E-state index is 0.315. The van der Waals surface area contributed by atoms with E-state index in [9.17, 15) is 4.39 Å². The second-order valence-corrected chi connectivity index (χ2v) is 4.51. The first-order valence-corrected chi connectivity index (χ1v) is 6.46. The first-order valence-electron chi connectivity index (χ1n) is 6.08. The third kappa shape index (κ3) is 3.46. The summed E-state index contributed by atoms with van der Waals surface area (Å²) in [6, 6.07) is 8.99. The summed E-state index contributed by atoms with van der Waals surface area (Å²) in [7, 11) is 0. The van der Waals surface area contributed by atoms with Gasteiger partial charge in [-0.15, -0.1) is 0 Å². The second kappa shape index (κ2) is 6.88. The quantitative estimate of drug-likeness (QED) is 0.782. The van der Waals surface area contributed by atoms with Crippen LogP contribution in [0.3, 0.4) is 0 Å². The van der Waals surface area contributed by atoms with E-state index >= 15 is 0 Å². The molecule has 0 bridgehead atoms. The molecular weight excluding hydrogens is 279 g/mol. The molecule has 0 aliphatic carbocycles. The molecule has 0 saturated carbocycles. The third-order valence-electron chi connectivity index (χ3n) is 2.68. The van der Waals surface area contributed by atoms with Crippen LogP contribution < -0.4 is 4.74 Å². The van der Waals surface area contributed by atoms with Gasteiger partial charge in [-0.1, -0.05) is 17.7 Å². The van der Waals surface area contributed by atoms with Crippen LogP contribution in [0, 0.1) is 11.3 Å². The number of hydrogen-bond donors (Lipinski definition) is 0. The van der Waals surface area contributed by atoms with Gasteiger partial charge in [0.2, 0.25) is 0 Å². The van der Waals surface area contributed by atoms with Crippen LogP contribution in [0.4, 0.5) is 4.39 Å². The van der Waals surface area contributed by atoms with E-state index in [4.69, 9.17) is 21.6 Å². The largest absolute Gasteiger partial charge is 0.492 e. The molecule has 5 heteroatoms. The van der Waals surface area contributed by atoms with Crippen molar-refractivity contribution < 1.29 is 9.13 Å². The predicted molar refractivity (Wildman–Crippen MR) is 75.5 cm³/mol. The number of halogens is 2. The molecule has 0 atom stereocenters. The van der Waals surface area contributed by atoms with Crippen LogP contribution in [0.15, 0.2) is 36.7 Å². The molecule has 3 nitrogen and oxygen atoms in total. The van der Waals surface area contributed by atoms with Crippen LogP contribution in [-0.2, 0) is 0 Å². The molecule has 1 aromatic heterocycles. The van der Waals surface area contributed by atoms with Crippen molar-refractivity contribution in [3.8, 4) is 22.9 Å². The Morgan fingerprint density at radius 2 is 2.10 bits per heavy atom. The van der Waals surface area contributed by atoms with Crippen molar-refractivity contribution in [2.75, 3.05) is 13.3 Å². The van der Waals surface area contributed by atoms with Crippen molar-refractivity contribution >= 4 is 11.6 Å². The van der Waals surface area contributed by atoms with Crippen molar-refractivity contribution in [2.24, 2.45) is 0 Å². The molecule has 20 heavy (non-hydrogen) atoms. The molecule has 0 aliphatic heterocycles. The van der Waals surface area contributed by atoms with Gasteiger partial charge in [0.05, 0.1) is 30.1 Å². The maximum Gasteiger partial charge on any atom is 0.138 e. The van der Waals surface area contributed by atoms with Gasteiger partial charge in [0.15, 0.2) is 0 Å². The van der Waals surface area contributed by atoms with Crippen LogP contribution in [0.1, 0.15) is 12.0 Å². The Balaban J connectivity index is 2.22. The van der Waals surface area contributed by atoms with E-state index in [-0.39, 0.29) is 0 Å². The highest BCUT2D eigenvalue weighted by Crippen LogP contribution is 2.27. The zero-order chi connectivity index (χ0) is 14.4. The molecule has 0 aliphatic rings. The van der Waals surface area contributed by atoms with E-state index in [1.807, 2.05) is 12.1 Å². The number of aromatic nitrogens is 1. The van der Waals surface area contributed by atoms with Crippen LogP contribution in [-0.4, -0.2) is 18.3 Å². The Labute approximate surface area is 121 Å². The van der Waals surface area contributed by atoms with E-state index in [1.54, 1.807) is 30.6 Å². The van der Waals surface area contributed by atoms with E-state index in [1.165, 1.54) is 0 Å². The highest BCUT2D eigenvalue weighted by atomic mass is 35.5. The number of alkyl halides is 1. The number of hydrogen-bond acceptors (Lipinski definition) is 3. The lowest BCUT2D eigenvalue weighted by molar-refractivity contribution is 0.289. The molecule has 102 valence electrons. The van der Waals surface area contributed by atoms with Crippen molar-refractivity contribution in [3.63, 3.8) is 0 Å². The minimum atomic E-state index is -0.404. The monoisotopic (exact) mass is 290 g/mol. The molecule has 0 amide bonds. The Bertz CT molecular complexity index is 640. The summed E-state index contributed by atoms with van der Waals surface area (Å²) in [6.45, 7) is -0.0892. The average Bonchev–Trinajstić information content (AvgIpc) is 2.48. The van der Waals surface area contributed by atoms with Crippen molar-refractivity contribution in [1.82, 2.24) is 4.98 Å². The molecule has 0 saturated heterocycles. The predicted octanol–water partition coefficient (Wildman–Crippen LogP) is 4.01. The summed E-state index contributed by atoms with van der Waals surface area (Å²) >= 11 is 6.01. The van der Waals surface area contributed by atoms with Gasteiger partial charge >= 0.3 is 0 Å². The fourth-order valence-corrected chi connectivity index (χ4v) is 1.91. The SMILES string of the molecule is N#Cc1ccc(-c2cncc(OCCCF)c2)cc1Cl. The summed E-state index contributed by atoms with van der Waals surface area (Å²) in [6.07, 6.45) is 3.61. The molecule has 0 spiro atoms. The second-order valence-electron chi connectivity index (χ2n) is 4.11. The normalized spacial score (nSPS) is 10.1. The lowest BCUT2D eigenvalue weighted by atomic mass is 10.1. The number of pyridine rings is 1. The number of nitrogens with zero attached hydrogens (tertiary/aromatic N) is 2. The van der Waals surface area contributed by atoms with Gasteiger partial charge in [-0.2, -0.15) is 5.26 Å². The fourth-order valence-electron chi connectivity index (χ4n) is 1.69. The Morgan fingerprint density at radius 3 is 2.80 bits per heavy atom. The number of nitriles is 1. The smallest absolute Gasteiger partial charge is 0.138 e. The Hall–Kier alpha value is -2.12.